The van der Waals surface area contributed by atoms with Gasteiger partial charge in [0.2, 0.25) is 0 Å². The van der Waals surface area contributed by atoms with Gasteiger partial charge in [0, 0.05) is 22.9 Å². The van der Waals surface area contributed by atoms with Crippen molar-refractivity contribution in [1.29, 1.82) is 0 Å². The van der Waals surface area contributed by atoms with Gasteiger partial charge in [0.1, 0.15) is 11.4 Å². The second-order valence-electron chi connectivity index (χ2n) is 4.35. The van der Waals surface area contributed by atoms with Crippen LogP contribution in [0.5, 0.6) is 5.75 Å². The summed E-state index contributed by atoms with van der Waals surface area (Å²) in [6.45, 7) is 0. The van der Waals surface area contributed by atoms with E-state index in [2.05, 4.69) is 0 Å². The maximum absolute atomic E-state index is 11.1. The van der Waals surface area contributed by atoms with E-state index in [1.165, 1.54) is 43.1 Å². The van der Waals surface area contributed by atoms with E-state index in [0.29, 0.717) is 4.90 Å². The summed E-state index contributed by atoms with van der Waals surface area (Å²) < 4.78 is 0. The molecule has 0 saturated carbocycles. The highest BCUT2D eigenvalue weighted by Crippen LogP contribution is 2.35. The van der Waals surface area contributed by atoms with E-state index in [4.69, 9.17) is 5.11 Å². The third-order valence-electron chi connectivity index (χ3n) is 2.86. The Balaban J connectivity index is 2.37. The Labute approximate surface area is 130 Å². The number of carbonyl (C=O) groups is 1. The van der Waals surface area contributed by atoms with Crippen LogP contribution in [0.25, 0.3) is 0 Å². The van der Waals surface area contributed by atoms with Crippen molar-refractivity contribution in [3.05, 3.63) is 52.6 Å². The Kier molecular flexibility index (Phi) is 4.52. The van der Waals surface area contributed by atoms with Crippen LogP contribution in [0.1, 0.15) is 0 Å². The standard InChI is InChI=1S/C14H12N2O5S/c1-15(14(18)19)13-8-11(6-7-12(13)16(20)21)22-10-4-2-9(17)3-5-10/h2-8,17H,1H3,(H,18,19). The molecule has 114 valence electrons. The zero-order valence-corrected chi connectivity index (χ0v) is 12.3. The molecule has 2 N–H and O–H groups in total. The molecule has 1 amide bonds. The van der Waals surface area contributed by atoms with E-state index < -0.39 is 11.0 Å². The molecule has 0 radical (unpaired) electrons. The minimum Gasteiger partial charge on any atom is -0.508 e. The monoisotopic (exact) mass is 320 g/mol. The minimum absolute atomic E-state index is 0.00118. The Bertz CT molecular complexity index is 718. The summed E-state index contributed by atoms with van der Waals surface area (Å²) in [6.07, 6.45) is -1.28. The second kappa shape index (κ2) is 6.35. The van der Waals surface area contributed by atoms with Gasteiger partial charge in [-0.15, -0.1) is 0 Å². The van der Waals surface area contributed by atoms with Crippen molar-refractivity contribution in [3.63, 3.8) is 0 Å². The van der Waals surface area contributed by atoms with E-state index in [0.717, 1.165) is 9.80 Å². The molecule has 0 bridgehead atoms. The molecule has 2 aromatic rings. The summed E-state index contributed by atoms with van der Waals surface area (Å²) in [5.74, 6) is 0.138. The summed E-state index contributed by atoms with van der Waals surface area (Å²) >= 11 is 1.31. The van der Waals surface area contributed by atoms with Crippen LogP contribution in [0.15, 0.2) is 52.3 Å². The Morgan fingerprint density at radius 3 is 2.32 bits per heavy atom. The average Bonchev–Trinajstić information content (AvgIpc) is 2.48. The molecule has 22 heavy (non-hydrogen) atoms. The van der Waals surface area contributed by atoms with Crippen molar-refractivity contribution in [2.24, 2.45) is 0 Å². The van der Waals surface area contributed by atoms with E-state index >= 15 is 0 Å². The van der Waals surface area contributed by atoms with Gasteiger partial charge >= 0.3 is 6.09 Å². The quantitative estimate of drug-likeness (QED) is 0.659. The average molecular weight is 320 g/mol. The molecule has 2 rings (SSSR count). The molecule has 0 unspecified atom stereocenters. The largest absolute Gasteiger partial charge is 0.508 e. The number of nitro benzene ring substituents is 1. The zero-order valence-electron chi connectivity index (χ0n) is 11.5. The lowest BCUT2D eigenvalue weighted by molar-refractivity contribution is -0.384. The molecular formula is C14H12N2O5S. The molecule has 0 spiro atoms. The maximum Gasteiger partial charge on any atom is 0.411 e. The van der Waals surface area contributed by atoms with Crippen LogP contribution in [-0.4, -0.2) is 28.3 Å². The van der Waals surface area contributed by atoms with Crippen molar-refractivity contribution >= 4 is 29.2 Å². The SMILES string of the molecule is CN(C(=O)O)c1cc(Sc2ccc(O)cc2)ccc1[N+](=O)[O-]. The number of phenolic OH excluding ortho intramolecular Hbond substituents is 1. The highest BCUT2D eigenvalue weighted by molar-refractivity contribution is 7.99. The lowest BCUT2D eigenvalue weighted by Gasteiger charge is -2.14. The van der Waals surface area contributed by atoms with Gasteiger partial charge in [-0.25, -0.2) is 4.79 Å². The van der Waals surface area contributed by atoms with Crippen LogP contribution in [0.4, 0.5) is 16.2 Å². The Morgan fingerprint density at radius 2 is 1.77 bits per heavy atom. The van der Waals surface area contributed by atoms with Crippen molar-refractivity contribution in [2.75, 3.05) is 11.9 Å². The van der Waals surface area contributed by atoms with Crippen LogP contribution in [0.2, 0.25) is 0 Å². The molecular weight excluding hydrogens is 308 g/mol. The van der Waals surface area contributed by atoms with Crippen molar-refractivity contribution < 1.29 is 19.9 Å². The van der Waals surface area contributed by atoms with Crippen molar-refractivity contribution in [3.8, 4) is 5.75 Å². The molecule has 0 atom stereocenters. The van der Waals surface area contributed by atoms with Gasteiger partial charge < -0.3 is 10.2 Å². The van der Waals surface area contributed by atoms with Gasteiger partial charge in [0.15, 0.2) is 0 Å². The first-order chi connectivity index (χ1) is 10.4. The first kappa shape index (κ1) is 15.6. The summed E-state index contributed by atoms with van der Waals surface area (Å²) in [5, 5.41) is 29.3. The molecule has 2 aromatic carbocycles. The van der Waals surface area contributed by atoms with Gasteiger partial charge in [0.25, 0.3) is 5.69 Å². The lowest BCUT2D eigenvalue weighted by Crippen LogP contribution is -2.24. The maximum atomic E-state index is 11.1. The molecule has 0 aromatic heterocycles. The van der Waals surface area contributed by atoms with E-state index in [9.17, 15) is 20.0 Å². The Morgan fingerprint density at radius 1 is 1.18 bits per heavy atom. The number of hydrogen-bond donors (Lipinski definition) is 2. The number of hydrogen-bond acceptors (Lipinski definition) is 5. The summed E-state index contributed by atoms with van der Waals surface area (Å²) in [7, 11) is 1.25. The summed E-state index contributed by atoms with van der Waals surface area (Å²) in [4.78, 5) is 23.7. The molecule has 0 aliphatic carbocycles. The normalized spacial score (nSPS) is 10.2. The van der Waals surface area contributed by atoms with E-state index in [1.807, 2.05) is 0 Å². The van der Waals surface area contributed by atoms with Crippen molar-refractivity contribution in [2.45, 2.75) is 9.79 Å². The highest BCUT2D eigenvalue weighted by atomic mass is 32.2. The van der Waals surface area contributed by atoms with Gasteiger partial charge in [-0.05, 0) is 36.4 Å². The molecule has 0 aliphatic rings. The predicted octanol–water partition coefficient (Wildman–Crippen LogP) is 3.57. The van der Waals surface area contributed by atoms with Gasteiger partial charge in [0.05, 0.1) is 4.92 Å². The highest BCUT2D eigenvalue weighted by Gasteiger charge is 2.21. The number of anilines is 1. The molecule has 0 aliphatic heterocycles. The number of benzene rings is 2. The van der Waals surface area contributed by atoms with Gasteiger partial charge in [-0.3, -0.25) is 15.0 Å². The number of aromatic hydroxyl groups is 1. The minimum atomic E-state index is -1.28. The first-order valence-corrected chi connectivity index (χ1v) is 6.92. The summed E-state index contributed by atoms with van der Waals surface area (Å²) in [5.41, 5.74) is -0.277. The third-order valence-corrected chi connectivity index (χ3v) is 3.86. The third kappa shape index (κ3) is 3.47. The lowest BCUT2D eigenvalue weighted by atomic mass is 10.2. The topological polar surface area (TPSA) is 104 Å². The van der Waals surface area contributed by atoms with E-state index in [-0.39, 0.29) is 17.1 Å². The predicted molar refractivity (Wildman–Crippen MR) is 81.8 cm³/mol. The molecule has 0 heterocycles. The van der Waals surface area contributed by atoms with E-state index in [1.54, 1.807) is 18.2 Å². The number of carboxylic acid groups (broad SMARTS) is 1. The van der Waals surface area contributed by atoms with Crippen LogP contribution < -0.4 is 4.90 Å². The fraction of sp³-hybridized carbons (Fsp3) is 0.0714. The smallest absolute Gasteiger partial charge is 0.411 e. The van der Waals surface area contributed by atoms with Crippen molar-refractivity contribution in [1.82, 2.24) is 0 Å². The van der Waals surface area contributed by atoms with Gasteiger partial charge in [-0.2, -0.15) is 0 Å². The van der Waals surface area contributed by atoms with Crippen LogP contribution in [0.3, 0.4) is 0 Å². The fourth-order valence-corrected chi connectivity index (χ4v) is 2.59. The van der Waals surface area contributed by atoms with Crippen LogP contribution in [0, 0.1) is 10.1 Å². The number of nitrogens with zero attached hydrogens (tertiary/aromatic N) is 2. The summed E-state index contributed by atoms with van der Waals surface area (Å²) in [6, 6.07) is 10.7. The first-order valence-electron chi connectivity index (χ1n) is 6.10. The zero-order chi connectivity index (χ0) is 16.3. The molecule has 7 nitrogen and oxygen atoms in total. The molecule has 0 saturated heterocycles. The number of amides is 1. The number of rotatable bonds is 4. The van der Waals surface area contributed by atoms with Crippen LogP contribution >= 0.6 is 11.8 Å². The van der Waals surface area contributed by atoms with Crippen LogP contribution in [-0.2, 0) is 0 Å². The Hall–Kier alpha value is -2.74. The second-order valence-corrected chi connectivity index (χ2v) is 5.49. The number of phenols is 1. The molecule has 0 fully saturated rings. The molecule has 8 heteroatoms. The number of nitro groups is 1. The van der Waals surface area contributed by atoms with Gasteiger partial charge in [-0.1, -0.05) is 11.8 Å². The fourth-order valence-electron chi connectivity index (χ4n) is 1.74.